The summed E-state index contributed by atoms with van der Waals surface area (Å²) in [5.74, 6) is 1.49. The minimum Gasteiger partial charge on any atom is -0.361 e. The van der Waals surface area contributed by atoms with Gasteiger partial charge in [-0.25, -0.2) is 0 Å². The number of aliphatic imine (C=N–C) groups is 1. The molecule has 0 bridgehead atoms. The van der Waals surface area contributed by atoms with E-state index in [1.54, 1.807) is 0 Å². The van der Waals surface area contributed by atoms with E-state index in [9.17, 15) is 4.79 Å². The van der Waals surface area contributed by atoms with Gasteiger partial charge >= 0.3 is 0 Å². The van der Waals surface area contributed by atoms with Gasteiger partial charge in [0.2, 0.25) is 5.91 Å². The van der Waals surface area contributed by atoms with Crippen LogP contribution in [0.4, 0.5) is 0 Å². The Bertz CT molecular complexity index is 852. The minimum atomic E-state index is 0.270. The molecule has 2 fully saturated rings. The average molecular weight is 396 g/mol. The molecule has 0 spiro atoms. The number of para-hydroxylation sites is 1. The predicted octanol–water partition coefficient (Wildman–Crippen LogP) is 3.06. The van der Waals surface area contributed by atoms with Crippen molar-refractivity contribution in [2.45, 2.75) is 51.5 Å². The second kappa shape index (κ2) is 9.33. The van der Waals surface area contributed by atoms with Crippen LogP contribution in [0, 0.1) is 5.92 Å². The van der Waals surface area contributed by atoms with Crippen LogP contribution in [0.15, 0.2) is 35.5 Å². The first-order valence-corrected chi connectivity index (χ1v) is 11.1. The Kier molecular flexibility index (Phi) is 6.37. The fourth-order valence-corrected chi connectivity index (χ4v) is 4.65. The summed E-state index contributed by atoms with van der Waals surface area (Å²) < 4.78 is 0. The SMILES string of the molecule is CCNC(=NCCc1c[nH]c2ccccc12)NC1CCN(C(=O)C2CCCC2)C1. The molecular weight excluding hydrogens is 362 g/mol. The molecule has 4 rings (SSSR count). The molecule has 1 unspecified atom stereocenters. The summed E-state index contributed by atoms with van der Waals surface area (Å²) in [6.07, 6.45) is 8.54. The number of hydrogen-bond donors (Lipinski definition) is 3. The van der Waals surface area contributed by atoms with Crippen molar-refractivity contribution >= 4 is 22.8 Å². The van der Waals surface area contributed by atoms with Crippen LogP contribution in [0.5, 0.6) is 0 Å². The Hall–Kier alpha value is -2.50. The lowest BCUT2D eigenvalue weighted by molar-refractivity contribution is -0.134. The van der Waals surface area contributed by atoms with Gasteiger partial charge in [-0.15, -0.1) is 0 Å². The molecule has 0 radical (unpaired) electrons. The highest BCUT2D eigenvalue weighted by Gasteiger charge is 2.32. The number of amides is 1. The van der Waals surface area contributed by atoms with Crippen molar-refractivity contribution in [2.24, 2.45) is 10.9 Å². The lowest BCUT2D eigenvalue weighted by Crippen LogP contribution is -2.45. The normalized spacial score (nSPS) is 20.5. The molecule has 1 saturated heterocycles. The predicted molar refractivity (Wildman–Crippen MR) is 118 cm³/mol. The molecule has 6 nitrogen and oxygen atoms in total. The fraction of sp³-hybridized carbons (Fsp3) is 0.565. The van der Waals surface area contributed by atoms with Gasteiger partial charge in [-0.1, -0.05) is 31.0 Å². The van der Waals surface area contributed by atoms with E-state index in [2.05, 4.69) is 57.9 Å². The fourth-order valence-electron chi connectivity index (χ4n) is 4.65. The molecule has 6 heteroatoms. The highest BCUT2D eigenvalue weighted by molar-refractivity contribution is 5.83. The van der Waals surface area contributed by atoms with Gasteiger partial charge in [0.15, 0.2) is 5.96 Å². The molecule has 2 aliphatic rings. The Morgan fingerprint density at radius 3 is 2.90 bits per heavy atom. The summed E-state index contributed by atoms with van der Waals surface area (Å²) in [7, 11) is 0. The number of likely N-dealkylation sites (tertiary alicyclic amines) is 1. The van der Waals surface area contributed by atoms with Crippen LogP contribution in [0.2, 0.25) is 0 Å². The van der Waals surface area contributed by atoms with Gasteiger partial charge in [0, 0.05) is 55.2 Å². The van der Waals surface area contributed by atoms with E-state index in [0.29, 0.717) is 5.91 Å². The zero-order valence-electron chi connectivity index (χ0n) is 17.4. The van der Waals surface area contributed by atoms with Gasteiger partial charge in [-0.2, -0.15) is 0 Å². The smallest absolute Gasteiger partial charge is 0.225 e. The van der Waals surface area contributed by atoms with Gasteiger partial charge < -0.3 is 20.5 Å². The van der Waals surface area contributed by atoms with Gasteiger partial charge in [-0.05, 0) is 44.2 Å². The van der Waals surface area contributed by atoms with Crippen LogP contribution in [-0.4, -0.2) is 54.0 Å². The number of H-pyrrole nitrogens is 1. The van der Waals surface area contributed by atoms with Crippen LogP contribution < -0.4 is 10.6 Å². The summed E-state index contributed by atoms with van der Waals surface area (Å²) >= 11 is 0. The molecule has 156 valence electrons. The Morgan fingerprint density at radius 2 is 2.07 bits per heavy atom. The van der Waals surface area contributed by atoms with E-state index >= 15 is 0 Å². The van der Waals surface area contributed by atoms with Crippen LogP contribution in [0.3, 0.4) is 0 Å². The number of carbonyl (C=O) groups is 1. The molecule has 1 saturated carbocycles. The Morgan fingerprint density at radius 1 is 1.24 bits per heavy atom. The topological polar surface area (TPSA) is 72.5 Å². The lowest BCUT2D eigenvalue weighted by atomic mass is 10.1. The summed E-state index contributed by atoms with van der Waals surface area (Å²) in [5.41, 5.74) is 2.48. The highest BCUT2D eigenvalue weighted by atomic mass is 16.2. The number of nitrogens with one attached hydrogen (secondary N) is 3. The maximum atomic E-state index is 12.7. The molecule has 1 aromatic carbocycles. The molecule has 1 aliphatic carbocycles. The van der Waals surface area contributed by atoms with E-state index in [0.717, 1.165) is 57.8 Å². The molecule has 29 heavy (non-hydrogen) atoms. The molecule has 2 heterocycles. The summed E-state index contributed by atoms with van der Waals surface area (Å²) in [6.45, 7) is 5.30. The Balaban J connectivity index is 1.31. The zero-order chi connectivity index (χ0) is 20.1. The largest absolute Gasteiger partial charge is 0.361 e. The van der Waals surface area contributed by atoms with Crippen LogP contribution in [0.1, 0.15) is 44.6 Å². The second-order valence-electron chi connectivity index (χ2n) is 8.27. The monoisotopic (exact) mass is 395 g/mol. The standard InChI is InChI=1S/C23H33N5O/c1-2-24-23(25-13-11-18-15-26-21-10-6-5-9-20(18)21)27-19-12-14-28(16-19)22(29)17-7-3-4-8-17/h5-6,9-10,15,17,19,26H,2-4,7-8,11-14,16H2,1H3,(H2,24,25,27). The van der Waals surface area contributed by atoms with Crippen LogP contribution >= 0.6 is 0 Å². The number of rotatable bonds is 6. The van der Waals surface area contributed by atoms with Crippen molar-refractivity contribution < 1.29 is 4.79 Å². The van der Waals surface area contributed by atoms with E-state index in [-0.39, 0.29) is 12.0 Å². The van der Waals surface area contributed by atoms with E-state index in [4.69, 9.17) is 4.99 Å². The van der Waals surface area contributed by atoms with Crippen LogP contribution in [0.25, 0.3) is 10.9 Å². The minimum absolute atomic E-state index is 0.270. The van der Waals surface area contributed by atoms with E-state index in [1.165, 1.54) is 29.3 Å². The third-order valence-electron chi connectivity index (χ3n) is 6.22. The first-order valence-electron chi connectivity index (χ1n) is 11.1. The first kappa shape index (κ1) is 19.8. The number of carbonyl (C=O) groups excluding carboxylic acids is 1. The van der Waals surface area contributed by atoms with Gasteiger partial charge in [0.05, 0.1) is 0 Å². The summed E-state index contributed by atoms with van der Waals surface area (Å²) in [5, 5.41) is 8.18. The third kappa shape index (κ3) is 4.74. The van der Waals surface area contributed by atoms with Crippen molar-refractivity contribution in [3.63, 3.8) is 0 Å². The molecule has 1 aliphatic heterocycles. The number of aromatic nitrogens is 1. The average Bonchev–Trinajstić information content (AvgIpc) is 3.49. The van der Waals surface area contributed by atoms with Crippen LogP contribution in [-0.2, 0) is 11.2 Å². The van der Waals surface area contributed by atoms with Crippen molar-refractivity contribution in [1.82, 2.24) is 20.5 Å². The number of fused-ring (bicyclic) bond motifs is 1. The van der Waals surface area contributed by atoms with E-state index in [1.807, 2.05) is 0 Å². The zero-order valence-corrected chi connectivity index (χ0v) is 17.4. The summed E-state index contributed by atoms with van der Waals surface area (Å²) in [6, 6.07) is 8.67. The van der Waals surface area contributed by atoms with Gasteiger partial charge in [0.25, 0.3) is 0 Å². The number of hydrogen-bond acceptors (Lipinski definition) is 2. The number of nitrogens with zero attached hydrogens (tertiary/aromatic N) is 2. The second-order valence-corrected chi connectivity index (χ2v) is 8.27. The first-order chi connectivity index (χ1) is 14.2. The maximum absolute atomic E-state index is 12.7. The number of aromatic amines is 1. The molecule has 3 N–H and O–H groups in total. The van der Waals surface area contributed by atoms with Gasteiger partial charge in [0.1, 0.15) is 0 Å². The maximum Gasteiger partial charge on any atom is 0.225 e. The third-order valence-corrected chi connectivity index (χ3v) is 6.22. The summed E-state index contributed by atoms with van der Waals surface area (Å²) in [4.78, 5) is 22.8. The van der Waals surface area contributed by atoms with Crippen molar-refractivity contribution in [3.05, 3.63) is 36.0 Å². The highest BCUT2D eigenvalue weighted by Crippen LogP contribution is 2.27. The van der Waals surface area contributed by atoms with Crippen molar-refractivity contribution in [1.29, 1.82) is 0 Å². The Labute approximate surface area is 173 Å². The van der Waals surface area contributed by atoms with Gasteiger partial charge in [-0.3, -0.25) is 9.79 Å². The lowest BCUT2D eigenvalue weighted by Gasteiger charge is -2.21. The van der Waals surface area contributed by atoms with E-state index < -0.39 is 0 Å². The van der Waals surface area contributed by atoms with Crippen molar-refractivity contribution in [3.8, 4) is 0 Å². The quantitative estimate of drug-likeness (QED) is 0.520. The number of benzene rings is 1. The molecule has 2 aromatic rings. The molecule has 1 aromatic heterocycles. The van der Waals surface area contributed by atoms with Crippen molar-refractivity contribution in [2.75, 3.05) is 26.2 Å². The molecular formula is C23H33N5O. The molecule has 1 amide bonds. The molecule has 1 atom stereocenters. The number of guanidine groups is 1.